The van der Waals surface area contributed by atoms with Crippen LogP contribution < -0.4 is 5.32 Å². The zero-order valence-corrected chi connectivity index (χ0v) is 12.5. The van der Waals surface area contributed by atoms with Crippen LogP contribution in [0.4, 0.5) is 0 Å². The van der Waals surface area contributed by atoms with Gasteiger partial charge in [-0.1, -0.05) is 43.7 Å². The third kappa shape index (κ3) is 3.82. The van der Waals surface area contributed by atoms with Gasteiger partial charge in [-0.2, -0.15) is 0 Å². The molecule has 0 heterocycles. The highest BCUT2D eigenvalue weighted by molar-refractivity contribution is 5.25. The van der Waals surface area contributed by atoms with Gasteiger partial charge in [-0.25, -0.2) is 0 Å². The number of benzene rings is 1. The molecule has 0 aliphatic carbocycles. The lowest BCUT2D eigenvalue weighted by Crippen LogP contribution is -2.42. The number of nitrogens with one attached hydrogen (secondary N) is 1. The standard InChI is InChI=1S/C16H28N2/c1-6-12-18(7-2)14(4)16(17-5)15-10-8-13(3)9-11-15/h8-11,14,16-17H,6-7,12H2,1-5H3. The third-order valence-corrected chi connectivity index (χ3v) is 3.72. The smallest absolute Gasteiger partial charge is 0.0473 e. The van der Waals surface area contributed by atoms with Gasteiger partial charge in [-0.3, -0.25) is 4.90 Å². The van der Waals surface area contributed by atoms with Crippen molar-refractivity contribution >= 4 is 0 Å². The van der Waals surface area contributed by atoms with Crippen LogP contribution in [0, 0.1) is 6.92 Å². The van der Waals surface area contributed by atoms with Crippen LogP contribution in [-0.2, 0) is 0 Å². The molecule has 2 unspecified atom stereocenters. The molecule has 18 heavy (non-hydrogen) atoms. The van der Waals surface area contributed by atoms with Gasteiger partial charge in [0.25, 0.3) is 0 Å². The molecular formula is C16H28N2. The lowest BCUT2D eigenvalue weighted by molar-refractivity contribution is 0.181. The minimum absolute atomic E-state index is 0.400. The Kier molecular flexibility index (Phi) is 6.37. The molecule has 1 aromatic rings. The van der Waals surface area contributed by atoms with Crippen LogP contribution in [0.3, 0.4) is 0 Å². The fourth-order valence-corrected chi connectivity index (χ4v) is 2.61. The molecule has 1 rings (SSSR count). The zero-order valence-electron chi connectivity index (χ0n) is 12.5. The lowest BCUT2D eigenvalue weighted by Gasteiger charge is -2.34. The Morgan fingerprint density at radius 2 is 1.78 bits per heavy atom. The first kappa shape index (κ1) is 15.2. The second-order valence-corrected chi connectivity index (χ2v) is 5.05. The van der Waals surface area contributed by atoms with Crippen molar-refractivity contribution in [2.45, 2.75) is 46.2 Å². The molecule has 1 aromatic carbocycles. The van der Waals surface area contributed by atoms with Crippen molar-refractivity contribution in [3.05, 3.63) is 35.4 Å². The average Bonchev–Trinajstić information content (AvgIpc) is 2.38. The monoisotopic (exact) mass is 248 g/mol. The molecule has 0 saturated carbocycles. The number of hydrogen-bond donors (Lipinski definition) is 1. The second kappa shape index (κ2) is 7.55. The molecule has 0 aliphatic rings. The first-order chi connectivity index (χ1) is 8.63. The quantitative estimate of drug-likeness (QED) is 0.796. The van der Waals surface area contributed by atoms with Crippen LogP contribution in [0.25, 0.3) is 0 Å². The molecule has 0 radical (unpaired) electrons. The van der Waals surface area contributed by atoms with E-state index in [-0.39, 0.29) is 0 Å². The number of aryl methyl sites for hydroxylation is 1. The molecule has 0 saturated heterocycles. The molecule has 0 bridgehead atoms. The molecule has 2 nitrogen and oxygen atoms in total. The van der Waals surface area contributed by atoms with Crippen LogP contribution in [-0.4, -0.2) is 31.1 Å². The van der Waals surface area contributed by atoms with E-state index in [1.807, 2.05) is 0 Å². The maximum Gasteiger partial charge on any atom is 0.0473 e. The summed E-state index contributed by atoms with van der Waals surface area (Å²) in [5.41, 5.74) is 2.70. The van der Waals surface area contributed by atoms with Gasteiger partial charge in [0.15, 0.2) is 0 Å². The summed E-state index contributed by atoms with van der Waals surface area (Å²) in [5.74, 6) is 0. The van der Waals surface area contributed by atoms with Crippen molar-refractivity contribution in [2.75, 3.05) is 20.1 Å². The van der Waals surface area contributed by atoms with E-state index >= 15 is 0 Å². The number of nitrogens with zero attached hydrogens (tertiary/aromatic N) is 1. The summed E-state index contributed by atoms with van der Waals surface area (Å²) in [7, 11) is 2.06. The largest absolute Gasteiger partial charge is 0.312 e. The van der Waals surface area contributed by atoms with Crippen molar-refractivity contribution in [3.63, 3.8) is 0 Å². The molecular weight excluding hydrogens is 220 g/mol. The summed E-state index contributed by atoms with van der Waals surface area (Å²) >= 11 is 0. The third-order valence-electron chi connectivity index (χ3n) is 3.72. The van der Waals surface area contributed by atoms with E-state index in [0.29, 0.717) is 12.1 Å². The van der Waals surface area contributed by atoms with Crippen molar-refractivity contribution in [1.29, 1.82) is 0 Å². The van der Waals surface area contributed by atoms with Gasteiger partial charge in [0.05, 0.1) is 0 Å². The van der Waals surface area contributed by atoms with E-state index in [1.54, 1.807) is 0 Å². The summed E-state index contributed by atoms with van der Waals surface area (Å²) in [6, 6.07) is 9.80. The summed E-state index contributed by atoms with van der Waals surface area (Å²) < 4.78 is 0. The SMILES string of the molecule is CCCN(CC)C(C)C(NC)c1ccc(C)cc1. The predicted molar refractivity (Wildman–Crippen MR) is 80.0 cm³/mol. The summed E-state index contributed by atoms with van der Waals surface area (Å²) in [5, 5.41) is 3.47. The van der Waals surface area contributed by atoms with Crippen LogP contribution in [0.15, 0.2) is 24.3 Å². The number of hydrogen-bond acceptors (Lipinski definition) is 2. The normalized spacial score (nSPS) is 14.8. The minimum Gasteiger partial charge on any atom is -0.312 e. The average molecular weight is 248 g/mol. The van der Waals surface area contributed by atoms with Gasteiger partial charge in [-0.15, -0.1) is 0 Å². The Labute approximate surface area is 112 Å². The molecule has 0 amide bonds. The Bertz CT molecular complexity index is 331. The molecule has 0 aromatic heterocycles. The van der Waals surface area contributed by atoms with Crippen LogP contribution >= 0.6 is 0 Å². The fourth-order valence-electron chi connectivity index (χ4n) is 2.61. The van der Waals surface area contributed by atoms with Crippen molar-refractivity contribution in [2.24, 2.45) is 0 Å². The van der Waals surface area contributed by atoms with E-state index in [2.05, 4.69) is 69.2 Å². The second-order valence-electron chi connectivity index (χ2n) is 5.05. The zero-order chi connectivity index (χ0) is 13.5. The molecule has 0 spiro atoms. The summed E-state index contributed by atoms with van der Waals surface area (Å²) in [6.45, 7) is 11.2. The van der Waals surface area contributed by atoms with Crippen LogP contribution in [0.5, 0.6) is 0 Å². The predicted octanol–water partition coefficient (Wildman–Crippen LogP) is 3.38. The lowest BCUT2D eigenvalue weighted by atomic mass is 9.98. The summed E-state index contributed by atoms with van der Waals surface area (Å²) in [4.78, 5) is 2.54. The van der Waals surface area contributed by atoms with Crippen molar-refractivity contribution < 1.29 is 0 Å². The van der Waals surface area contributed by atoms with Gasteiger partial charge < -0.3 is 5.32 Å². The van der Waals surface area contributed by atoms with E-state index in [4.69, 9.17) is 0 Å². The molecule has 0 fully saturated rings. The minimum atomic E-state index is 0.400. The van der Waals surface area contributed by atoms with Gasteiger partial charge >= 0.3 is 0 Å². The highest BCUT2D eigenvalue weighted by atomic mass is 15.2. The van der Waals surface area contributed by atoms with Crippen molar-refractivity contribution in [3.8, 4) is 0 Å². The van der Waals surface area contributed by atoms with Crippen molar-refractivity contribution in [1.82, 2.24) is 10.2 Å². The highest BCUT2D eigenvalue weighted by Crippen LogP contribution is 2.21. The molecule has 2 heteroatoms. The van der Waals surface area contributed by atoms with Crippen LogP contribution in [0.2, 0.25) is 0 Å². The highest BCUT2D eigenvalue weighted by Gasteiger charge is 2.22. The fraction of sp³-hybridized carbons (Fsp3) is 0.625. The van der Waals surface area contributed by atoms with Crippen LogP contribution in [0.1, 0.15) is 44.4 Å². The van der Waals surface area contributed by atoms with E-state index in [0.717, 1.165) is 6.54 Å². The Hall–Kier alpha value is -0.860. The Morgan fingerprint density at radius 1 is 1.17 bits per heavy atom. The van der Waals surface area contributed by atoms with Gasteiger partial charge in [-0.05, 0) is 46.0 Å². The summed E-state index contributed by atoms with van der Waals surface area (Å²) in [6.07, 6.45) is 1.21. The van der Waals surface area contributed by atoms with Gasteiger partial charge in [0.1, 0.15) is 0 Å². The first-order valence-corrected chi connectivity index (χ1v) is 7.11. The number of rotatable bonds is 7. The van der Waals surface area contributed by atoms with E-state index in [9.17, 15) is 0 Å². The van der Waals surface area contributed by atoms with Gasteiger partial charge in [0.2, 0.25) is 0 Å². The maximum atomic E-state index is 3.47. The van der Waals surface area contributed by atoms with Gasteiger partial charge in [0, 0.05) is 12.1 Å². The molecule has 1 N–H and O–H groups in total. The Morgan fingerprint density at radius 3 is 2.22 bits per heavy atom. The first-order valence-electron chi connectivity index (χ1n) is 7.11. The Balaban J connectivity index is 2.84. The molecule has 102 valence electrons. The van der Waals surface area contributed by atoms with E-state index < -0.39 is 0 Å². The molecule has 0 aliphatic heterocycles. The maximum absolute atomic E-state index is 3.47. The number of likely N-dealkylation sites (N-methyl/N-ethyl adjacent to an activating group) is 2. The molecule has 2 atom stereocenters. The van der Waals surface area contributed by atoms with E-state index in [1.165, 1.54) is 24.1 Å². The topological polar surface area (TPSA) is 15.3 Å².